The summed E-state index contributed by atoms with van der Waals surface area (Å²) in [6.07, 6.45) is 22.4. The maximum Gasteiger partial charge on any atom is 0.220 e. The Morgan fingerprint density at radius 3 is 1.80 bits per heavy atom. The number of carbonyl (C=O) groups is 1. The maximum absolute atomic E-state index is 13.1. The number of aliphatic hydroxyl groups excluding tert-OH is 8. The van der Waals surface area contributed by atoms with E-state index in [1.54, 1.807) is 6.08 Å². The van der Waals surface area contributed by atoms with Crippen LogP contribution in [0.1, 0.15) is 117 Å². The highest BCUT2D eigenvalue weighted by Gasteiger charge is 2.50. The molecule has 0 spiro atoms. The number of hydrogen-bond donors (Lipinski definition) is 9. The van der Waals surface area contributed by atoms with Crippen LogP contribution >= 0.6 is 0 Å². The summed E-state index contributed by atoms with van der Waals surface area (Å²) in [5.74, 6) is -0.289. The molecule has 0 aliphatic carbocycles. The zero-order chi connectivity index (χ0) is 44.0. The van der Waals surface area contributed by atoms with Crippen LogP contribution in [-0.2, 0) is 23.7 Å². The minimum atomic E-state index is -1.80. The molecule has 14 heteroatoms. The fourth-order valence-corrected chi connectivity index (χ4v) is 6.69. The normalized spacial score (nSPS) is 29.0. The monoisotopic (exact) mass is 852 g/mol. The number of rotatable bonds is 31. The van der Waals surface area contributed by atoms with Crippen LogP contribution in [0.2, 0.25) is 0 Å². The molecule has 0 bridgehead atoms. The van der Waals surface area contributed by atoms with Crippen molar-refractivity contribution in [2.45, 2.75) is 190 Å². The van der Waals surface area contributed by atoms with Gasteiger partial charge in [0.1, 0.15) is 48.8 Å². The first-order valence-corrected chi connectivity index (χ1v) is 22.2. The first-order valence-electron chi connectivity index (χ1n) is 22.2. The Bertz CT molecular complexity index is 1280. The van der Waals surface area contributed by atoms with E-state index in [-0.39, 0.29) is 18.9 Å². The molecule has 12 unspecified atom stereocenters. The van der Waals surface area contributed by atoms with Gasteiger partial charge in [0.25, 0.3) is 0 Å². The second-order valence-electron chi connectivity index (χ2n) is 15.4. The van der Waals surface area contributed by atoms with Crippen LogP contribution in [0.3, 0.4) is 0 Å². The van der Waals surface area contributed by atoms with Gasteiger partial charge in [-0.25, -0.2) is 0 Å². The molecule has 2 fully saturated rings. The third kappa shape index (κ3) is 21.0. The summed E-state index contributed by atoms with van der Waals surface area (Å²) in [6.45, 7) is 2.54. The van der Waals surface area contributed by atoms with Crippen molar-refractivity contribution in [1.29, 1.82) is 0 Å². The van der Waals surface area contributed by atoms with Gasteiger partial charge in [-0.05, 0) is 77.0 Å². The summed E-state index contributed by atoms with van der Waals surface area (Å²) in [6, 6.07) is -0.953. The standard InChI is InChI=1S/C46H77NO13/c1-3-5-7-9-11-13-15-17-19-21-23-25-27-29-35(50)34(47-38(51)30-28-26-24-22-20-18-16-14-12-10-8-6-4-2)33-57-45-43(56)41(54)44(37(32-49)59-45)60-46-42(55)40(53)39(52)36(31-48)58-46/h6,8,11-14,18-21,27,29,34-37,39-46,48-50,52-56H,3-5,7,9-10,15-17,22-26,28,30-33H2,1-2H3,(H,47,51)/b8-6-,13-11+,14-12-,20-18-,21-19+,29-27+. The van der Waals surface area contributed by atoms with Gasteiger partial charge in [0, 0.05) is 6.42 Å². The first-order chi connectivity index (χ1) is 29.1. The van der Waals surface area contributed by atoms with Crippen LogP contribution in [0.25, 0.3) is 0 Å². The molecule has 0 aromatic heterocycles. The highest BCUT2D eigenvalue weighted by Crippen LogP contribution is 2.29. The average molecular weight is 852 g/mol. The quantitative estimate of drug-likeness (QED) is 0.0354. The molecule has 2 heterocycles. The maximum atomic E-state index is 13.1. The van der Waals surface area contributed by atoms with Gasteiger partial charge < -0.3 is 65.1 Å². The molecular formula is C46H77NO13. The SMILES string of the molecule is CC/C=C\C/C=C\C/C=C\CCCCCC(=O)NC(COC1OC(CO)C(OC2OC(CO)C(O)C(O)C2O)C(O)C1O)C(O)/C=C/CC/C=C/CC/C=C/CCCCC. The van der Waals surface area contributed by atoms with Crippen molar-refractivity contribution in [3.8, 4) is 0 Å². The minimum absolute atomic E-state index is 0.230. The Balaban J connectivity index is 1.96. The predicted molar refractivity (Wildman–Crippen MR) is 230 cm³/mol. The smallest absolute Gasteiger partial charge is 0.220 e. The van der Waals surface area contributed by atoms with Gasteiger partial charge in [0.15, 0.2) is 12.6 Å². The van der Waals surface area contributed by atoms with Crippen molar-refractivity contribution in [1.82, 2.24) is 5.32 Å². The number of hydrogen-bond acceptors (Lipinski definition) is 13. The molecule has 14 nitrogen and oxygen atoms in total. The number of aliphatic hydroxyl groups is 8. The van der Waals surface area contributed by atoms with Gasteiger partial charge in [0.05, 0.1) is 32.0 Å². The lowest BCUT2D eigenvalue weighted by Crippen LogP contribution is -2.65. The fourth-order valence-electron chi connectivity index (χ4n) is 6.69. The molecule has 12 atom stereocenters. The van der Waals surface area contributed by atoms with Crippen molar-refractivity contribution in [3.63, 3.8) is 0 Å². The molecule has 0 aromatic rings. The van der Waals surface area contributed by atoms with Crippen LogP contribution in [-0.4, -0.2) is 140 Å². The summed E-state index contributed by atoms with van der Waals surface area (Å²) in [4.78, 5) is 13.1. The molecule has 0 saturated carbocycles. The lowest BCUT2D eigenvalue weighted by molar-refractivity contribution is -0.359. The number of unbranched alkanes of at least 4 members (excludes halogenated alkanes) is 8. The lowest BCUT2D eigenvalue weighted by Gasteiger charge is -2.46. The van der Waals surface area contributed by atoms with E-state index < -0.39 is 86.8 Å². The summed E-state index contributed by atoms with van der Waals surface area (Å²) in [5, 5.41) is 86.3. The Morgan fingerprint density at radius 1 is 0.617 bits per heavy atom. The molecule has 0 aromatic carbocycles. The summed E-state index contributed by atoms with van der Waals surface area (Å²) in [5.41, 5.74) is 0. The average Bonchev–Trinajstić information content (AvgIpc) is 3.24. The minimum Gasteiger partial charge on any atom is -0.394 e. The van der Waals surface area contributed by atoms with E-state index in [1.807, 2.05) is 6.08 Å². The zero-order valence-electron chi connectivity index (χ0n) is 35.9. The van der Waals surface area contributed by atoms with Gasteiger partial charge in [-0.1, -0.05) is 106 Å². The Morgan fingerprint density at radius 2 is 1.17 bits per heavy atom. The van der Waals surface area contributed by atoms with Gasteiger partial charge in [0.2, 0.25) is 5.91 Å². The number of nitrogens with one attached hydrogen (secondary N) is 1. The zero-order valence-corrected chi connectivity index (χ0v) is 35.9. The number of ether oxygens (including phenoxy) is 4. The van der Waals surface area contributed by atoms with Crippen molar-refractivity contribution < 1.29 is 64.6 Å². The van der Waals surface area contributed by atoms with Gasteiger partial charge in [-0.2, -0.15) is 0 Å². The van der Waals surface area contributed by atoms with Crippen molar-refractivity contribution in [2.24, 2.45) is 0 Å². The van der Waals surface area contributed by atoms with E-state index in [9.17, 15) is 45.6 Å². The highest BCUT2D eigenvalue weighted by atomic mass is 16.7. The van der Waals surface area contributed by atoms with Gasteiger partial charge >= 0.3 is 0 Å². The van der Waals surface area contributed by atoms with Crippen LogP contribution in [0.15, 0.2) is 72.9 Å². The van der Waals surface area contributed by atoms with E-state index in [1.165, 1.54) is 19.3 Å². The predicted octanol–water partition coefficient (Wildman–Crippen LogP) is 4.09. The molecule has 9 N–H and O–H groups in total. The summed E-state index contributed by atoms with van der Waals surface area (Å²) < 4.78 is 22.6. The van der Waals surface area contributed by atoms with E-state index in [2.05, 4.69) is 79.9 Å². The third-order valence-corrected chi connectivity index (χ3v) is 10.4. The molecular weight excluding hydrogens is 774 g/mol. The van der Waals surface area contributed by atoms with Gasteiger partial charge in [-0.15, -0.1) is 0 Å². The molecule has 2 rings (SSSR count). The Labute approximate surface area is 358 Å². The van der Waals surface area contributed by atoms with E-state index in [0.29, 0.717) is 12.8 Å². The summed E-state index contributed by atoms with van der Waals surface area (Å²) >= 11 is 0. The molecule has 2 saturated heterocycles. The second kappa shape index (κ2) is 33.0. The number of allylic oxidation sites excluding steroid dienone is 11. The van der Waals surface area contributed by atoms with Crippen molar-refractivity contribution in [3.05, 3.63) is 72.9 Å². The van der Waals surface area contributed by atoms with Crippen LogP contribution < -0.4 is 5.32 Å². The van der Waals surface area contributed by atoms with Gasteiger partial charge in [-0.3, -0.25) is 4.79 Å². The Hall–Kier alpha value is -2.57. The topological polar surface area (TPSA) is 228 Å². The molecule has 2 aliphatic rings. The largest absolute Gasteiger partial charge is 0.394 e. The van der Waals surface area contributed by atoms with E-state index >= 15 is 0 Å². The Kier molecular flexibility index (Phi) is 29.5. The van der Waals surface area contributed by atoms with E-state index in [4.69, 9.17) is 18.9 Å². The van der Waals surface area contributed by atoms with E-state index in [0.717, 1.165) is 64.2 Å². The van der Waals surface area contributed by atoms with Crippen molar-refractivity contribution in [2.75, 3.05) is 19.8 Å². The van der Waals surface area contributed by atoms with Crippen molar-refractivity contribution >= 4 is 5.91 Å². The fraction of sp³-hybridized carbons (Fsp3) is 0.717. The summed E-state index contributed by atoms with van der Waals surface area (Å²) in [7, 11) is 0. The lowest BCUT2D eigenvalue weighted by atomic mass is 9.97. The molecule has 1 amide bonds. The number of amides is 1. The first kappa shape index (κ1) is 53.6. The second-order valence-corrected chi connectivity index (χ2v) is 15.4. The van der Waals surface area contributed by atoms with Crippen LogP contribution in [0, 0.1) is 0 Å². The molecule has 60 heavy (non-hydrogen) atoms. The van der Waals surface area contributed by atoms with Crippen LogP contribution in [0.4, 0.5) is 0 Å². The third-order valence-electron chi connectivity index (χ3n) is 10.4. The molecule has 0 radical (unpaired) electrons. The number of carbonyl (C=O) groups excluding carboxylic acids is 1. The molecule has 344 valence electrons. The van der Waals surface area contributed by atoms with Crippen LogP contribution in [0.5, 0.6) is 0 Å². The molecule has 2 aliphatic heterocycles. The highest BCUT2D eigenvalue weighted by molar-refractivity contribution is 5.76.